The Bertz CT molecular complexity index is 1630. The highest BCUT2D eigenvalue weighted by atomic mass is 79.9. The number of aliphatic hydroxyl groups is 3. The molecular formula is C29H30BrF2N5O6S. The van der Waals surface area contributed by atoms with Crippen molar-refractivity contribution in [2.24, 2.45) is 0 Å². The van der Waals surface area contributed by atoms with Crippen molar-refractivity contribution in [2.75, 3.05) is 18.6 Å². The molecule has 6 rings (SSSR count). The molecule has 0 radical (unpaired) electrons. The van der Waals surface area contributed by atoms with Gasteiger partial charge in [0.1, 0.15) is 41.7 Å². The number of nitrogens with zero attached hydrogens (tertiary/aromatic N) is 5. The third-order valence-electron chi connectivity index (χ3n) is 8.33. The lowest BCUT2D eigenvalue weighted by molar-refractivity contribution is -0.211. The number of halogens is 3. The van der Waals surface area contributed by atoms with Crippen molar-refractivity contribution < 1.29 is 38.4 Å². The number of rotatable bonds is 7. The van der Waals surface area contributed by atoms with Gasteiger partial charge in [-0.2, -0.15) is 0 Å². The van der Waals surface area contributed by atoms with E-state index in [-0.39, 0.29) is 15.7 Å². The quantitative estimate of drug-likeness (QED) is 0.248. The highest BCUT2D eigenvalue weighted by Gasteiger charge is 2.52. The molecule has 44 heavy (non-hydrogen) atoms. The number of fused-ring (bicyclic) bond motifs is 1. The number of aliphatic hydroxyl groups excluding tert-OH is 3. The second-order valence-electron chi connectivity index (χ2n) is 10.9. The van der Waals surface area contributed by atoms with Crippen molar-refractivity contribution in [1.29, 1.82) is 0 Å². The van der Waals surface area contributed by atoms with Gasteiger partial charge in [0.15, 0.2) is 6.10 Å². The summed E-state index contributed by atoms with van der Waals surface area (Å²) in [4.78, 5) is 20.5. The summed E-state index contributed by atoms with van der Waals surface area (Å²) in [5.41, 5.74) is 3.13. The standard InChI is InChI=1S/C29H30BrF2N5O6S/c1-42-27-25(36-11-19(34-35-36)14-8-16(31)24(30)17(32)9-14)26(40)22(12-38)43-28(27)29(41)37(20-4-2-3-5-21(20)39)15-6-7-23-18(10-15)33-13-44-23/h6-11,13,20-22,25-28,38-40H,2-5,12H2,1H3/t20-,21-,22?,25?,26?,27?,28?/m0/s1. The van der Waals surface area contributed by atoms with Crippen LogP contribution in [0.15, 0.2) is 46.5 Å². The van der Waals surface area contributed by atoms with Crippen molar-refractivity contribution in [2.45, 2.75) is 68.3 Å². The molecular weight excluding hydrogens is 664 g/mol. The number of carbonyl (C=O) groups is 1. The Kier molecular flexibility index (Phi) is 9.06. The smallest absolute Gasteiger partial charge is 0.259 e. The van der Waals surface area contributed by atoms with Gasteiger partial charge in [-0.3, -0.25) is 4.79 Å². The highest BCUT2D eigenvalue weighted by molar-refractivity contribution is 9.10. The minimum atomic E-state index is -1.40. The molecule has 1 aliphatic heterocycles. The summed E-state index contributed by atoms with van der Waals surface area (Å²) >= 11 is 4.32. The fourth-order valence-corrected chi connectivity index (χ4v) is 7.01. The van der Waals surface area contributed by atoms with Crippen LogP contribution in [0.4, 0.5) is 14.5 Å². The van der Waals surface area contributed by atoms with E-state index in [0.717, 1.165) is 29.7 Å². The maximum atomic E-state index is 14.6. The van der Waals surface area contributed by atoms with Gasteiger partial charge in [0.05, 0.1) is 45.1 Å². The van der Waals surface area contributed by atoms with Crippen LogP contribution in [0, 0.1) is 11.6 Å². The maximum Gasteiger partial charge on any atom is 0.259 e. The average Bonchev–Trinajstić information content (AvgIpc) is 3.70. The Morgan fingerprint density at radius 1 is 1.20 bits per heavy atom. The first-order chi connectivity index (χ1) is 21.2. The molecule has 1 amide bonds. The van der Waals surface area contributed by atoms with Gasteiger partial charge in [0, 0.05) is 18.4 Å². The van der Waals surface area contributed by atoms with Gasteiger partial charge >= 0.3 is 0 Å². The zero-order valence-corrected chi connectivity index (χ0v) is 25.9. The normalized spacial score (nSPS) is 27.5. The van der Waals surface area contributed by atoms with Gasteiger partial charge in [-0.05, 0) is 59.1 Å². The number of benzene rings is 2. The number of thiazole rings is 1. The summed E-state index contributed by atoms with van der Waals surface area (Å²) in [5.74, 6) is -2.20. The zero-order valence-electron chi connectivity index (χ0n) is 23.5. The van der Waals surface area contributed by atoms with Gasteiger partial charge in [-0.1, -0.05) is 18.1 Å². The molecule has 2 fully saturated rings. The van der Waals surface area contributed by atoms with Gasteiger partial charge in [-0.25, -0.2) is 18.4 Å². The van der Waals surface area contributed by atoms with Gasteiger partial charge in [-0.15, -0.1) is 16.4 Å². The number of ether oxygens (including phenoxy) is 2. The van der Waals surface area contributed by atoms with Crippen LogP contribution in [-0.4, -0.2) is 91.5 Å². The predicted octanol–water partition coefficient (Wildman–Crippen LogP) is 3.61. The Balaban J connectivity index is 1.39. The molecule has 11 nitrogen and oxygen atoms in total. The molecule has 1 aliphatic carbocycles. The summed E-state index contributed by atoms with van der Waals surface area (Å²) in [6.45, 7) is -0.626. The van der Waals surface area contributed by atoms with E-state index in [0.29, 0.717) is 24.0 Å². The van der Waals surface area contributed by atoms with Crippen LogP contribution >= 0.6 is 27.3 Å². The molecule has 1 saturated heterocycles. The molecule has 7 atom stereocenters. The number of hydrogen-bond donors (Lipinski definition) is 3. The van der Waals surface area contributed by atoms with Crippen LogP contribution in [0.2, 0.25) is 0 Å². The molecule has 15 heteroatoms. The Labute approximate surface area is 263 Å². The Morgan fingerprint density at radius 2 is 1.95 bits per heavy atom. The molecule has 3 heterocycles. The van der Waals surface area contributed by atoms with Crippen molar-refractivity contribution >= 4 is 49.1 Å². The lowest BCUT2D eigenvalue weighted by atomic mass is 9.88. The van der Waals surface area contributed by atoms with E-state index in [1.807, 2.05) is 6.07 Å². The first-order valence-corrected chi connectivity index (χ1v) is 15.8. The second kappa shape index (κ2) is 12.8. The predicted molar refractivity (Wildman–Crippen MR) is 160 cm³/mol. The molecule has 0 spiro atoms. The van der Waals surface area contributed by atoms with Crippen molar-refractivity contribution in [3.05, 3.63) is 58.1 Å². The largest absolute Gasteiger partial charge is 0.394 e. The Morgan fingerprint density at radius 3 is 2.66 bits per heavy atom. The van der Waals surface area contributed by atoms with Crippen LogP contribution in [0.1, 0.15) is 31.7 Å². The van der Waals surface area contributed by atoms with E-state index in [2.05, 4.69) is 31.2 Å². The molecule has 234 valence electrons. The third-order valence-corrected chi connectivity index (χ3v) is 9.90. The SMILES string of the molecule is COC1C(C(=O)N(c2ccc3scnc3c2)[C@H]2CCCC[C@@H]2O)OC(CO)C(O)C1n1cc(-c2cc(F)c(Br)c(F)c2)nn1. The number of anilines is 1. The number of aromatic nitrogens is 4. The van der Waals surface area contributed by atoms with E-state index in [1.165, 1.54) is 34.2 Å². The molecule has 0 bridgehead atoms. The lowest BCUT2D eigenvalue weighted by Crippen LogP contribution is -2.63. The number of hydrogen-bond acceptors (Lipinski definition) is 10. The maximum absolute atomic E-state index is 14.6. The topological polar surface area (TPSA) is 143 Å². The molecule has 2 aromatic heterocycles. The summed E-state index contributed by atoms with van der Waals surface area (Å²) in [6, 6.07) is 5.96. The average molecular weight is 695 g/mol. The Hall–Kier alpha value is -2.92. The van der Waals surface area contributed by atoms with E-state index < -0.39 is 66.8 Å². The van der Waals surface area contributed by atoms with Gasteiger partial charge in [0.2, 0.25) is 0 Å². The zero-order chi connectivity index (χ0) is 31.1. The first kappa shape index (κ1) is 31.1. The van der Waals surface area contributed by atoms with Crippen LogP contribution in [0.3, 0.4) is 0 Å². The van der Waals surface area contributed by atoms with Crippen molar-refractivity contribution in [3.8, 4) is 11.3 Å². The highest BCUT2D eigenvalue weighted by Crippen LogP contribution is 2.37. The van der Waals surface area contributed by atoms with E-state index >= 15 is 0 Å². The number of methoxy groups -OCH3 is 1. The van der Waals surface area contributed by atoms with E-state index in [4.69, 9.17) is 9.47 Å². The lowest BCUT2D eigenvalue weighted by Gasteiger charge is -2.46. The molecule has 2 aromatic carbocycles. The number of amides is 1. The molecule has 3 N–H and O–H groups in total. The van der Waals surface area contributed by atoms with E-state index in [9.17, 15) is 28.9 Å². The fourth-order valence-electron chi connectivity index (χ4n) is 6.13. The monoisotopic (exact) mass is 693 g/mol. The summed E-state index contributed by atoms with van der Waals surface area (Å²) in [7, 11) is 1.35. The van der Waals surface area contributed by atoms with Crippen molar-refractivity contribution in [3.63, 3.8) is 0 Å². The summed E-state index contributed by atoms with van der Waals surface area (Å²) in [6.07, 6.45) is -1.81. The molecule has 2 aliphatic rings. The van der Waals surface area contributed by atoms with Crippen LogP contribution in [0.5, 0.6) is 0 Å². The second-order valence-corrected chi connectivity index (χ2v) is 12.6. The summed E-state index contributed by atoms with van der Waals surface area (Å²) < 4.78 is 42.2. The van der Waals surface area contributed by atoms with Gasteiger partial charge in [0.25, 0.3) is 5.91 Å². The molecule has 1 saturated carbocycles. The fraction of sp³-hybridized carbons (Fsp3) is 0.448. The van der Waals surface area contributed by atoms with E-state index in [1.54, 1.807) is 17.6 Å². The molecule has 4 aromatic rings. The molecule has 5 unspecified atom stereocenters. The summed E-state index contributed by atoms with van der Waals surface area (Å²) in [5, 5.41) is 40.6. The van der Waals surface area contributed by atoms with Crippen LogP contribution in [-0.2, 0) is 14.3 Å². The van der Waals surface area contributed by atoms with Crippen LogP contribution in [0.25, 0.3) is 21.5 Å². The minimum Gasteiger partial charge on any atom is -0.394 e. The number of carbonyl (C=O) groups excluding carboxylic acids is 1. The minimum absolute atomic E-state index is 0.103. The third kappa shape index (κ3) is 5.66. The first-order valence-electron chi connectivity index (χ1n) is 14.1. The van der Waals surface area contributed by atoms with Crippen molar-refractivity contribution in [1.82, 2.24) is 20.0 Å². The van der Waals surface area contributed by atoms with Crippen LogP contribution < -0.4 is 4.90 Å². The van der Waals surface area contributed by atoms with Gasteiger partial charge < -0.3 is 29.7 Å².